The van der Waals surface area contributed by atoms with Gasteiger partial charge in [0.25, 0.3) is 0 Å². The quantitative estimate of drug-likeness (QED) is 0.430. The topological polar surface area (TPSA) is 102 Å². The number of aromatic nitrogens is 2. The highest BCUT2D eigenvalue weighted by Gasteiger charge is 2.23. The number of esters is 1. The van der Waals surface area contributed by atoms with Gasteiger partial charge in [0.1, 0.15) is 17.2 Å². The van der Waals surface area contributed by atoms with Gasteiger partial charge in [0.05, 0.1) is 18.0 Å². The van der Waals surface area contributed by atoms with Crippen molar-refractivity contribution in [2.75, 3.05) is 49.2 Å². The van der Waals surface area contributed by atoms with Gasteiger partial charge in [0, 0.05) is 32.4 Å². The Labute approximate surface area is 172 Å². The first kappa shape index (κ1) is 20.8. The fourth-order valence-corrected chi connectivity index (χ4v) is 3.66. The van der Waals surface area contributed by atoms with E-state index in [-0.39, 0.29) is 35.5 Å². The lowest BCUT2D eigenvalue weighted by Crippen LogP contribution is -2.49. The van der Waals surface area contributed by atoms with Crippen LogP contribution in [0.15, 0.2) is 35.6 Å². The molecule has 0 radical (unpaired) electrons. The summed E-state index contributed by atoms with van der Waals surface area (Å²) >= 11 is 1.15. The van der Waals surface area contributed by atoms with Crippen LogP contribution in [0.3, 0.4) is 0 Å². The van der Waals surface area contributed by atoms with Gasteiger partial charge in [-0.2, -0.15) is 0 Å². The number of halogens is 1. The van der Waals surface area contributed by atoms with E-state index in [1.54, 1.807) is 30.0 Å². The van der Waals surface area contributed by atoms with Crippen molar-refractivity contribution in [2.45, 2.75) is 12.1 Å². The molecule has 0 saturated carbocycles. The average Bonchev–Trinajstić information content (AvgIpc) is 2.72. The number of anilines is 2. The number of carbonyl (C=O) groups excluding carboxylic acids is 2. The molecule has 0 aliphatic carbocycles. The van der Waals surface area contributed by atoms with E-state index in [9.17, 15) is 14.0 Å². The van der Waals surface area contributed by atoms with E-state index in [0.29, 0.717) is 37.0 Å². The van der Waals surface area contributed by atoms with E-state index in [1.807, 2.05) is 4.90 Å². The molecule has 10 heteroatoms. The summed E-state index contributed by atoms with van der Waals surface area (Å²) in [5, 5.41) is 0.314. The molecule has 1 aliphatic heterocycles. The number of thioether (sulfide) groups is 1. The fourth-order valence-electron chi connectivity index (χ4n) is 2.94. The van der Waals surface area contributed by atoms with Gasteiger partial charge in [-0.1, -0.05) is 23.9 Å². The number of carbonyl (C=O) groups is 2. The Balaban J connectivity index is 1.51. The Morgan fingerprint density at radius 1 is 1.24 bits per heavy atom. The van der Waals surface area contributed by atoms with Crippen molar-refractivity contribution in [1.29, 1.82) is 0 Å². The summed E-state index contributed by atoms with van der Waals surface area (Å²) in [6.07, 6.45) is 1.31. The van der Waals surface area contributed by atoms with Crippen LogP contribution < -0.4 is 10.6 Å². The summed E-state index contributed by atoms with van der Waals surface area (Å²) < 4.78 is 18.8. The predicted octanol–water partition coefficient (Wildman–Crippen LogP) is 1.82. The monoisotopic (exact) mass is 419 g/mol. The van der Waals surface area contributed by atoms with Crippen LogP contribution in [0.5, 0.6) is 0 Å². The highest BCUT2D eigenvalue weighted by molar-refractivity contribution is 7.99. The molecule has 1 aromatic carbocycles. The van der Waals surface area contributed by atoms with Gasteiger partial charge in [0.2, 0.25) is 5.91 Å². The molecule has 2 heterocycles. The highest BCUT2D eigenvalue weighted by atomic mass is 32.2. The van der Waals surface area contributed by atoms with Crippen LogP contribution >= 0.6 is 11.8 Å². The number of nitrogens with zero attached hydrogens (tertiary/aromatic N) is 4. The lowest BCUT2D eigenvalue weighted by Gasteiger charge is -2.36. The Morgan fingerprint density at radius 3 is 2.62 bits per heavy atom. The number of hydrogen-bond donors (Lipinski definition) is 1. The minimum Gasteiger partial charge on any atom is -0.462 e. The third-order valence-electron chi connectivity index (χ3n) is 4.44. The third kappa shape index (κ3) is 5.14. The molecular formula is C19H22FN5O3S. The van der Waals surface area contributed by atoms with Gasteiger partial charge in [-0.05, 0) is 19.1 Å². The van der Waals surface area contributed by atoms with E-state index >= 15 is 0 Å². The summed E-state index contributed by atoms with van der Waals surface area (Å²) in [6.45, 7) is 4.08. The zero-order valence-electron chi connectivity index (χ0n) is 16.0. The Morgan fingerprint density at radius 2 is 1.97 bits per heavy atom. The van der Waals surface area contributed by atoms with Crippen LogP contribution in [0.1, 0.15) is 17.3 Å². The number of ether oxygens (including phenoxy) is 1. The molecule has 29 heavy (non-hydrogen) atoms. The minimum absolute atomic E-state index is 0.0203. The Hall–Kier alpha value is -2.88. The summed E-state index contributed by atoms with van der Waals surface area (Å²) in [7, 11) is 0. The summed E-state index contributed by atoms with van der Waals surface area (Å²) in [4.78, 5) is 36.0. The van der Waals surface area contributed by atoms with Crippen LogP contribution in [0.25, 0.3) is 0 Å². The van der Waals surface area contributed by atoms with Crippen molar-refractivity contribution in [2.24, 2.45) is 0 Å². The molecule has 1 aliphatic rings. The maximum atomic E-state index is 13.9. The van der Waals surface area contributed by atoms with E-state index < -0.39 is 5.97 Å². The zero-order valence-corrected chi connectivity index (χ0v) is 16.8. The molecule has 1 aromatic heterocycles. The summed E-state index contributed by atoms with van der Waals surface area (Å²) in [5.74, 6) is -0.723. The smallest absolute Gasteiger partial charge is 0.343 e. The van der Waals surface area contributed by atoms with Crippen molar-refractivity contribution < 1.29 is 18.7 Å². The van der Waals surface area contributed by atoms with Crippen LogP contribution in [-0.4, -0.2) is 65.3 Å². The summed E-state index contributed by atoms with van der Waals surface area (Å²) in [6, 6.07) is 6.63. The Kier molecular flexibility index (Phi) is 6.86. The van der Waals surface area contributed by atoms with Gasteiger partial charge < -0.3 is 20.3 Å². The lowest BCUT2D eigenvalue weighted by atomic mass is 10.2. The van der Waals surface area contributed by atoms with Gasteiger partial charge in [-0.25, -0.2) is 19.2 Å². The van der Waals surface area contributed by atoms with Crippen LogP contribution in [-0.2, 0) is 9.53 Å². The number of hydrogen-bond acceptors (Lipinski definition) is 8. The molecule has 1 saturated heterocycles. The van der Waals surface area contributed by atoms with Crippen molar-refractivity contribution in [3.8, 4) is 0 Å². The second kappa shape index (κ2) is 9.55. The predicted molar refractivity (Wildman–Crippen MR) is 108 cm³/mol. The molecule has 0 atom stereocenters. The first-order valence-electron chi connectivity index (χ1n) is 9.19. The zero-order chi connectivity index (χ0) is 20.8. The van der Waals surface area contributed by atoms with Gasteiger partial charge >= 0.3 is 5.97 Å². The third-order valence-corrected chi connectivity index (χ3v) is 5.29. The number of nitrogen functional groups attached to an aromatic ring is 1. The van der Waals surface area contributed by atoms with Crippen LogP contribution in [0.2, 0.25) is 0 Å². The van der Waals surface area contributed by atoms with Gasteiger partial charge in [-0.3, -0.25) is 4.79 Å². The first-order valence-corrected chi connectivity index (χ1v) is 10.2. The molecule has 0 spiro atoms. The maximum Gasteiger partial charge on any atom is 0.343 e. The average molecular weight is 419 g/mol. The molecular weight excluding hydrogens is 397 g/mol. The molecule has 3 rings (SSSR count). The van der Waals surface area contributed by atoms with Crippen molar-refractivity contribution in [1.82, 2.24) is 14.9 Å². The molecule has 1 fully saturated rings. The second-order valence-electron chi connectivity index (χ2n) is 6.28. The molecule has 0 unspecified atom stereocenters. The number of amides is 1. The van der Waals surface area contributed by atoms with E-state index in [1.165, 1.54) is 12.3 Å². The largest absolute Gasteiger partial charge is 0.462 e. The normalized spacial score (nSPS) is 14.0. The molecule has 154 valence electrons. The van der Waals surface area contributed by atoms with Crippen LogP contribution in [0.4, 0.5) is 15.9 Å². The number of rotatable bonds is 6. The molecule has 8 nitrogen and oxygen atoms in total. The fraction of sp³-hybridized carbons (Fsp3) is 0.368. The minimum atomic E-state index is -0.578. The molecule has 2 N–H and O–H groups in total. The van der Waals surface area contributed by atoms with Crippen molar-refractivity contribution in [3.05, 3.63) is 41.8 Å². The number of piperazine rings is 1. The molecule has 0 bridgehead atoms. The molecule has 2 aromatic rings. The van der Waals surface area contributed by atoms with Crippen molar-refractivity contribution in [3.63, 3.8) is 0 Å². The van der Waals surface area contributed by atoms with Crippen LogP contribution in [0, 0.1) is 5.82 Å². The lowest BCUT2D eigenvalue weighted by molar-refractivity contribution is -0.128. The number of benzene rings is 1. The molecule has 1 amide bonds. The SMILES string of the molecule is CCOC(=O)c1cnc(SCC(=O)N2CCN(c3ccccc3F)CC2)nc1N. The van der Waals surface area contributed by atoms with Gasteiger partial charge in [0.15, 0.2) is 5.16 Å². The Bertz CT molecular complexity index is 890. The maximum absolute atomic E-state index is 13.9. The van der Waals surface area contributed by atoms with E-state index in [4.69, 9.17) is 10.5 Å². The second-order valence-corrected chi connectivity index (χ2v) is 7.22. The number of nitrogens with two attached hydrogens (primary N) is 1. The van der Waals surface area contributed by atoms with Crippen molar-refractivity contribution >= 4 is 35.1 Å². The van der Waals surface area contributed by atoms with Gasteiger partial charge in [-0.15, -0.1) is 0 Å². The van der Waals surface area contributed by atoms with E-state index in [0.717, 1.165) is 11.8 Å². The first-order chi connectivity index (χ1) is 14.0. The highest BCUT2D eigenvalue weighted by Crippen LogP contribution is 2.21. The number of para-hydroxylation sites is 1. The summed E-state index contributed by atoms with van der Waals surface area (Å²) in [5.41, 5.74) is 6.45. The standard InChI is InChI=1S/C19H22FN5O3S/c1-2-28-18(27)13-11-22-19(23-17(13)21)29-12-16(26)25-9-7-24(8-10-25)15-6-4-3-5-14(15)20/h3-6,11H,2,7-10,12H2,1H3,(H2,21,22,23). The van der Waals surface area contributed by atoms with E-state index in [2.05, 4.69) is 9.97 Å².